The van der Waals surface area contributed by atoms with E-state index in [4.69, 9.17) is 0 Å². The number of nitrogens with one attached hydrogen (secondary N) is 1. The first kappa shape index (κ1) is 15.8. The summed E-state index contributed by atoms with van der Waals surface area (Å²) in [4.78, 5) is 22.4. The quantitative estimate of drug-likeness (QED) is 0.659. The molecular weight excluding hydrogens is 288 g/mol. The van der Waals surface area contributed by atoms with Gasteiger partial charge in [-0.3, -0.25) is 14.9 Å². The molecule has 1 saturated carbocycles. The lowest BCUT2D eigenvalue weighted by Crippen LogP contribution is -2.25. The Labute approximate surface area is 128 Å². The molecule has 1 fully saturated rings. The van der Waals surface area contributed by atoms with Gasteiger partial charge in [-0.2, -0.15) is 0 Å². The van der Waals surface area contributed by atoms with Crippen molar-refractivity contribution in [1.82, 2.24) is 0 Å². The van der Waals surface area contributed by atoms with Crippen LogP contribution in [0.3, 0.4) is 0 Å². The molecule has 0 bridgehead atoms. The zero-order valence-corrected chi connectivity index (χ0v) is 12.9. The third-order valence-corrected chi connectivity index (χ3v) is 5.12. The minimum atomic E-state index is -0.462. The number of hydrogen-bond acceptors (Lipinski definition) is 4. The van der Waals surface area contributed by atoms with E-state index in [9.17, 15) is 14.9 Å². The molecule has 0 heterocycles. The molecule has 0 saturated heterocycles. The average molecular weight is 308 g/mol. The van der Waals surface area contributed by atoms with Gasteiger partial charge in [0.25, 0.3) is 5.69 Å². The fourth-order valence-corrected chi connectivity index (χ4v) is 3.86. The molecular formula is C15H20N2O3S. The lowest BCUT2D eigenvalue weighted by Gasteiger charge is -2.23. The topological polar surface area (TPSA) is 72.2 Å². The molecule has 1 aromatic rings. The molecule has 1 amide bonds. The van der Waals surface area contributed by atoms with Gasteiger partial charge in [-0.25, -0.2) is 0 Å². The van der Waals surface area contributed by atoms with Gasteiger partial charge in [0.15, 0.2) is 0 Å². The molecule has 0 spiro atoms. The maximum Gasteiger partial charge on any atom is 0.271 e. The first-order valence-corrected chi connectivity index (χ1v) is 8.21. The lowest BCUT2D eigenvalue weighted by molar-refractivity contribution is -0.384. The van der Waals surface area contributed by atoms with Crippen molar-refractivity contribution < 1.29 is 9.72 Å². The van der Waals surface area contributed by atoms with E-state index >= 15 is 0 Å². The van der Waals surface area contributed by atoms with Gasteiger partial charge in [-0.15, -0.1) is 11.8 Å². The molecule has 1 aromatic carbocycles. The first-order valence-electron chi connectivity index (χ1n) is 7.27. The lowest BCUT2D eigenvalue weighted by atomic mass is 10.0. The minimum Gasteiger partial charge on any atom is -0.325 e. The molecule has 0 aromatic heterocycles. The van der Waals surface area contributed by atoms with E-state index in [1.807, 2.05) is 6.92 Å². The monoisotopic (exact) mass is 308 g/mol. The molecule has 5 nitrogen and oxygen atoms in total. The number of nitro groups is 1. The Bertz CT molecular complexity index is 515. The van der Waals surface area contributed by atoms with Gasteiger partial charge in [0, 0.05) is 23.1 Å². The fourth-order valence-electron chi connectivity index (χ4n) is 2.49. The van der Waals surface area contributed by atoms with Crippen molar-refractivity contribution in [1.29, 1.82) is 0 Å². The maximum atomic E-state index is 12.2. The number of hydrogen-bond donors (Lipinski definition) is 1. The molecule has 0 aliphatic heterocycles. The number of amides is 1. The molecule has 1 aliphatic carbocycles. The smallest absolute Gasteiger partial charge is 0.271 e. The van der Waals surface area contributed by atoms with Crippen LogP contribution in [0.4, 0.5) is 11.4 Å². The van der Waals surface area contributed by atoms with E-state index in [1.165, 1.54) is 44.2 Å². The summed E-state index contributed by atoms with van der Waals surface area (Å²) >= 11 is 1.71. The molecule has 1 N–H and O–H groups in total. The number of rotatable bonds is 5. The fraction of sp³-hybridized carbons (Fsp3) is 0.533. The van der Waals surface area contributed by atoms with Crippen LogP contribution in [-0.2, 0) is 4.79 Å². The second kappa shape index (κ2) is 7.45. The molecule has 2 rings (SSSR count). The number of benzene rings is 1. The van der Waals surface area contributed by atoms with Crippen LogP contribution < -0.4 is 5.32 Å². The predicted molar refractivity (Wildman–Crippen MR) is 85.7 cm³/mol. The van der Waals surface area contributed by atoms with Crippen molar-refractivity contribution in [3.05, 3.63) is 34.4 Å². The largest absolute Gasteiger partial charge is 0.325 e. The highest BCUT2D eigenvalue weighted by molar-refractivity contribution is 8.01. The summed E-state index contributed by atoms with van der Waals surface area (Å²) in [6, 6.07) is 6.04. The Morgan fingerprint density at radius 3 is 2.76 bits per heavy atom. The third kappa shape index (κ3) is 4.74. The zero-order chi connectivity index (χ0) is 15.2. The van der Waals surface area contributed by atoms with E-state index in [0.29, 0.717) is 10.9 Å². The second-order valence-corrected chi connectivity index (χ2v) is 6.98. The highest BCUT2D eigenvalue weighted by atomic mass is 32.2. The summed E-state index contributed by atoms with van der Waals surface area (Å²) in [5, 5.41) is 13.9. The van der Waals surface area contributed by atoms with Gasteiger partial charge in [-0.1, -0.05) is 25.3 Å². The van der Waals surface area contributed by atoms with Crippen LogP contribution in [0.1, 0.15) is 39.0 Å². The minimum absolute atomic E-state index is 0.0135. The van der Waals surface area contributed by atoms with Crippen molar-refractivity contribution in [2.45, 2.75) is 49.5 Å². The number of carbonyl (C=O) groups is 1. The molecule has 1 aliphatic rings. The number of anilines is 1. The molecule has 1 atom stereocenters. The van der Waals surface area contributed by atoms with Crippen LogP contribution in [-0.4, -0.2) is 21.3 Å². The van der Waals surface area contributed by atoms with Crippen molar-refractivity contribution >= 4 is 29.0 Å². The summed E-state index contributed by atoms with van der Waals surface area (Å²) < 4.78 is 0. The first-order chi connectivity index (χ1) is 10.1. The van der Waals surface area contributed by atoms with Gasteiger partial charge < -0.3 is 5.32 Å². The van der Waals surface area contributed by atoms with E-state index in [-0.39, 0.29) is 16.8 Å². The molecule has 0 radical (unpaired) electrons. The Morgan fingerprint density at radius 2 is 2.10 bits per heavy atom. The van der Waals surface area contributed by atoms with Gasteiger partial charge in [0.2, 0.25) is 5.91 Å². The van der Waals surface area contributed by atoms with Crippen LogP contribution in [0.2, 0.25) is 0 Å². The van der Waals surface area contributed by atoms with Crippen LogP contribution in [0.5, 0.6) is 0 Å². The Hall–Kier alpha value is -1.56. The predicted octanol–water partition coefficient (Wildman–Crippen LogP) is 3.99. The summed E-state index contributed by atoms with van der Waals surface area (Å²) in [5.74, 6) is -0.0916. The third-order valence-electron chi connectivity index (χ3n) is 3.64. The Kier molecular flexibility index (Phi) is 5.61. The standard InChI is InChI=1S/C15H20N2O3S/c1-11(21-14-8-3-2-4-9-14)15(18)16-12-6-5-7-13(10-12)17(19)20/h5-7,10-11,14H,2-4,8-9H2,1H3,(H,16,18). The highest BCUT2D eigenvalue weighted by Crippen LogP contribution is 2.31. The van der Waals surface area contributed by atoms with Crippen LogP contribution in [0.15, 0.2) is 24.3 Å². The van der Waals surface area contributed by atoms with Crippen molar-refractivity contribution in [3.8, 4) is 0 Å². The summed E-state index contributed by atoms with van der Waals surface area (Å²) in [6.45, 7) is 1.89. The van der Waals surface area contributed by atoms with Crippen LogP contribution in [0.25, 0.3) is 0 Å². The summed E-state index contributed by atoms with van der Waals surface area (Å²) in [6.07, 6.45) is 6.15. The normalized spacial score (nSPS) is 17.2. The van der Waals surface area contributed by atoms with Gasteiger partial charge in [-0.05, 0) is 25.8 Å². The zero-order valence-electron chi connectivity index (χ0n) is 12.1. The number of non-ortho nitro benzene ring substituents is 1. The maximum absolute atomic E-state index is 12.2. The second-order valence-electron chi connectivity index (χ2n) is 5.34. The molecule has 114 valence electrons. The number of thioether (sulfide) groups is 1. The van der Waals surface area contributed by atoms with E-state index in [1.54, 1.807) is 23.9 Å². The number of carbonyl (C=O) groups excluding carboxylic acids is 1. The van der Waals surface area contributed by atoms with E-state index in [0.717, 1.165) is 0 Å². The average Bonchev–Trinajstić information content (AvgIpc) is 2.48. The summed E-state index contributed by atoms with van der Waals surface area (Å²) in [5.41, 5.74) is 0.464. The van der Waals surface area contributed by atoms with Crippen LogP contribution in [0, 0.1) is 10.1 Å². The SMILES string of the molecule is CC(SC1CCCCC1)C(=O)Nc1cccc([N+](=O)[O-])c1. The van der Waals surface area contributed by atoms with Crippen LogP contribution >= 0.6 is 11.8 Å². The Morgan fingerprint density at radius 1 is 1.38 bits per heavy atom. The van der Waals surface area contributed by atoms with Gasteiger partial charge in [0.1, 0.15) is 0 Å². The molecule has 1 unspecified atom stereocenters. The van der Waals surface area contributed by atoms with Gasteiger partial charge >= 0.3 is 0 Å². The molecule has 6 heteroatoms. The summed E-state index contributed by atoms with van der Waals surface area (Å²) in [7, 11) is 0. The van der Waals surface area contributed by atoms with E-state index in [2.05, 4.69) is 5.32 Å². The number of nitro benzene ring substituents is 1. The molecule has 21 heavy (non-hydrogen) atoms. The Balaban J connectivity index is 1.90. The van der Waals surface area contributed by atoms with E-state index < -0.39 is 4.92 Å². The van der Waals surface area contributed by atoms with Gasteiger partial charge in [0.05, 0.1) is 10.2 Å². The van der Waals surface area contributed by atoms with Crippen molar-refractivity contribution in [2.75, 3.05) is 5.32 Å². The number of nitrogens with zero attached hydrogens (tertiary/aromatic N) is 1. The van der Waals surface area contributed by atoms with Crippen molar-refractivity contribution in [2.24, 2.45) is 0 Å². The highest BCUT2D eigenvalue weighted by Gasteiger charge is 2.21. The van der Waals surface area contributed by atoms with Crippen molar-refractivity contribution in [3.63, 3.8) is 0 Å².